The minimum atomic E-state index is -0.560. The third-order valence-corrected chi connectivity index (χ3v) is 2.09. The summed E-state index contributed by atoms with van der Waals surface area (Å²) in [6, 6.07) is 0. The van der Waals surface area contributed by atoms with Crippen molar-refractivity contribution >= 4 is 12.6 Å². The number of aliphatic hydroxyl groups excluding tert-OH is 2. The van der Waals surface area contributed by atoms with Gasteiger partial charge >= 0.3 is 0 Å². The number of thiol groups is 1. The minimum Gasteiger partial charge on any atom is -0.394 e. The first kappa shape index (κ1) is 16.7. The molecule has 0 saturated carbocycles. The van der Waals surface area contributed by atoms with Crippen LogP contribution in [0.2, 0.25) is 0 Å². The van der Waals surface area contributed by atoms with Gasteiger partial charge in [-0.1, -0.05) is 39.0 Å². The van der Waals surface area contributed by atoms with Crippen LogP contribution in [0.4, 0.5) is 0 Å². The van der Waals surface area contributed by atoms with E-state index in [0.29, 0.717) is 0 Å². The van der Waals surface area contributed by atoms with Crippen LogP contribution in [0.5, 0.6) is 0 Å². The van der Waals surface area contributed by atoms with E-state index >= 15 is 0 Å². The molecule has 14 heavy (non-hydrogen) atoms. The van der Waals surface area contributed by atoms with Gasteiger partial charge in [-0.2, -0.15) is 12.6 Å². The average molecular weight is 222 g/mol. The second kappa shape index (κ2) is 15.7. The predicted molar refractivity (Wildman–Crippen MR) is 66.0 cm³/mol. The van der Waals surface area contributed by atoms with Gasteiger partial charge in [0.1, 0.15) is 0 Å². The molecule has 0 aromatic rings. The molecule has 0 aliphatic rings. The van der Waals surface area contributed by atoms with Crippen molar-refractivity contribution < 1.29 is 10.2 Å². The Kier molecular flexibility index (Phi) is 18.8. The van der Waals surface area contributed by atoms with Gasteiger partial charge in [0.25, 0.3) is 0 Å². The van der Waals surface area contributed by atoms with E-state index in [4.69, 9.17) is 10.2 Å². The van der Waals surface area contributed by atoms with Gasteiger partial charge in [0.15, 0.2) is 0 Å². The molecule has 2 N–H and O–H groups in total. The highest BCUT2D eigenvalue weighted by molar-refractivity contribution is 7.80. The molecule has 0 fully saturated rings. The number of hydrogen-bond donors (Lipinski definition) is 3. The van der Waals surface area contributed by atoms with Crippen LogP contribution < -0.4 is 0 Å². The lowest BCUT2D eigenvalue weighted by Gasteiger charge is -1.95. The van der Waals surface area contributed by atoms with Crippen molar-refractivity contribution in [3.8, 4) is 0 Å². The fourth-order valence-corrected chi connectivity index (χ4v) is 1.12. The zero-order valence-electron chi connectivity index (χ0n) is 9.58. The molecular weight excluding hydrogens is 196 g/mol. The van der Waals surface area contributed by atoms with E-state index in [9.17, 15) is 0 Å². The first-order chi connectivity index (χ1) is 6.68. The molecule has 0 radical (unpaired) electrons. The topological polar surface area (TPSA) is 40.5 Å². The molecule has 0 aromatic carbocycles. The Bertz CT molecular complexity index is 81.4. The fraction of sp³-hybridized carbons (Fsp3) is 1.00. The smallest absolute Gasteiger partial charge is 0.0742 e. The summed E-state index contributed by atoms with van der Waals surface area (Å²) < 4.78 is 0. The van der Waals surface area contributed by atoms with Gasteiger partial charge in [-0.15, -0.1) is 0 Å². The van der Waals surface area contributed by atoms with Crippen molar-refractivity contribution in [2.24, 2.45) is 0 Å². The Morgan fingerprint density at radius 2 is 1.50 bits per heavy atom. The van der Waals surface area contributed by atoms with Gasteiger partial charge in [0.05, 0.1) is 12.7 Å². The summed E-state index contributed by atoms with van der Waals surface area (Å²) in [5.74, 6) is 1.06. The van der Waals surface area contributed by atoms with Crippen LogP contribution in [0.1, 0.15) is 52.4 Å². The van der Waals surface area contributed by atoms with Crippen molar-refractivity contribution in [1.82, 2.24) is 0 Å². The van der Waals surface area contributed by atoms with Crippen molar-refractivity contribution in [3.63, 3.8) is 0 Å². The van der Waals surface area contributed by atoms with Crippen LogP contribution in [-0.2, 0) is 0 Å². The first-order valence-corrected chi connectivity index (χ1v) is 6.22. The van der Waals surface area contributed by atoms with E-state index in [0.717, 1.165) is 5.75 Å². The molecule has 0 aromatic heterocycles. The van der Waals surface area contributed by atoms with Crippen LogP contribution in [0.25, 0.3) is 0 Å². The lowest BCUT2D eigenvalue weighted by atomic mass is 10.1. The normalized spacial score (nSPS) is 11.8. The summed E-state index contributed by atoms with van der Waals surface area (Å²) in [6.45, 7) is 3.64. The number of unbranched alkanes of at least 4 members (excludes halogenated alkanes) is 5. The zero-order valence-corrected chi connectivity index (χ0v) is 10.5. The maximum Gasteiger partial charge on any atom is 0.0742 e. The van der Waals surface area contributed by atoms with Gasteiger partial charge < -0.3 is 10.2 Å². The second-order valence-corrected chi connectivity index (χ2v) is 3.97. The van der Waals surface area contributed by atoms with Gasteiger partial charge in [0.2, 0.25) is 0 Å². The molecule has 0 aliphatic heterocycles. The maximum atomic E-state index is 8.11. The molecule has 0 aliphatic carbocycles. The Morgan fingerprint density at radius 3 is 1.86 bits per heavy atom. The SMILES string of the molecule is CC(O)CO.CCCCCCCCS. The van der Waals surface area contributed by atoms with Crippen LogP contribution in [0.3, 0.4) is 0 Å². The zero-order chi connectivity index (χ0) is 11.2. The molecule has 1 atom stereocenters. The van der Waals surface area contributed by atoms with E-state index in [1.54, 1.807) is 0 Å². The third kappa shape index (κ3) is 22.8. The maximum absolute atomic E-state index is 8.11. The molecule has 0 spiro atoms. The van der Waals surface area contributed by atoms with Crippen molar-refractivity contribution in [3.05, 3.63) is 0 Å². The van der Waals surface area contributed by atoms with E-state index in [1.165, 1.54) is 45.4 Å². The molecule has 0 bridgehead atoms. The van der Waals surface area contributed by atoms with Gasteiger partial charge in [0, 0.05) is 0 Å². The molecule has 0 rings (SSSR count). The van der Waals surface area contributed by atoms with E-state index < -0.39 is 6.10 Å². The molecular formula is C11H26O2S. The average Bonchev–Trinajstić information content (AvgIpc) is 2.19. The summed E-state index contributed by atoms with van der Waals surface area (Å²) >= 11 is 4.15. The Morgan fingerprint density at radius 1 is 1.07 bits per heavy atom. The first-order valence-electron chi connectivity index (χ1n) is 5.58. The number of hydrogen-bond acceptors (Lipinski definition) is 3. The molecule has 0 amide bonds. The van der Waals surface area contributed by atoms with Crippen molar-refractivity contribution in [2.75, 3.05) is 12.4 Å². The minimum absolute atomic E-state index is 0.139. The summed E-state index contributed by atoms with van der Waals surface area (Å²) in [7, 11) is 0. The van der Waals surface area contributed by atoms with Gasteiger partial charge in [-0.25, -0.2) is 0 Å². The monoisotopic (exact) mass is 222 g/mol. The lowest BCUT2D eigenvalue weighted by Crippen LogP contribution is -2.03. The molecule has 2 nitrogen and oxygen atoms in total. The van der Waals surface area contributed by atoms with E-state index in [1.807, 2.05) is 0 Å². The van der Waals surface area contributed by atoms with Crippen LogP contribution >= 0.6 is 12.6 Å². The predicted octanol–water partition coefficient (Wildman–Crippen LogP) is 2.64. The van der Waals surface area contributed by atoms with Crippen molar-refractivity contribution in [2.45, 2.75) is 58.5 Å². The standard InChI is InChI=1S/C8H18S.C3H8O2/c1-2-3-4-5-6-7-8-9;1-3(5)2-4/h9H,2-8H2,1H3;3-5H,2H2,1H3. The largest absolute Gasteiger partial charge is 0.394 e. The van der Waals surface area contributed by atoms with E-state index in [2.05, 4.69) is 19.6 Å². The number of aliphatic hydroxyl groups is 2. The molecule has 0 saturated heterocycles. The Labute approximate surface area is 94.1 Å². The van der Waals surface area contributed by atoms with Crippen molar-refractivity contribution in [1.29, 1.82) is 0 Å². The quantitative estimate of drug-likeness (QED) is 0.458. The molecule has 1 unspecified atom stereocenters. The molecule has 3 heteroatoms. The summed E-state index contributed by atoms with van der Waals surface area (Å²) in [4.78, 5) is 0. The van der Waals surface area contributed by atoms with E-state index in [-0.39, 0.29) is 6.61 Å². The highest BCUT2D eigenvalue weighted by Gasteiger charge is 1.86. The summed E-state index contributed by atoms with van der Waals surface area (Å²) in [5, 5.41) is 16.0. The fourth-order valence-electron chi connectivity index (χ4n) is 0.892. The Hall–Kier alpha value is 0.270. The summed E-state index contributed by atoms with van der Waals surface area (Å²) in [5.41, 5.74) is 0. The molecule has 0 heterocycles. The van der Waals surface area contributed by atoms with Gasteiger partial charge in [-0.05, 0) is 19.1 Å². The Balaban J connectivity index is 0. The van der Waals surface area contributed by atoms with Crippen LogP contribution in [-0.4, -0.2) is 28.7 Å². The molecule has 88 valence electrons. The highest BCUT2D eigenvalue weighted by atomic mass is 32.1. The third-order valence-electron chi connectivity index (χ3n) is 1.78. The van der Waals surface area contributed by atoms with Crippen LogP contribution in [0.15, 0.2) is 0 Å². The lowest BCUT2D eigenvalue weighted by molar-refractivity contribution is 0.110. The van der Waals surface area contributed by atoms with Gasteiger partial charge in [-0.3, -0.25) is 0 Å². The van der Waals surface area contributed by atoms with Crippen LogP contribution in [0, 0.1) is 0 Å². The summed E-state index contributed by atoms with van der Waals surface area (Å²) in [6.07, 6.45) is 7.71. The second-order valence-electron chi connectivity index (χ2n) is 3.52. The number of rotatable bonds is 7. The highest BCUT2D eigenvalue weighted by Crippen LogP contribution is 2.04.